The maximum absolute atomic E-state index is 13.8. The molecule has 5 nitrogen and oxygen atoms in total. The zero-order valence-electron chi connectivity index (χ0n) is 17.8. The molecule has 176 valence electrons. The maximum atomic E-state index is 13.8. The summed E-state index contributed by atoms with van der Waals surface area (Å²) in [5, 5.41) is 2.70. The molecule has 1 atom stereocenters. The summed E-state index contributed by atoms with van der Waals surface area (Å²) in [4.78, 5) is 26.4. The fraction of sp³-hybridized carbons (Fsp3) is 0.417. The smallest absolute Gasteiger partial charge is 0.370 e. The van der Waals surface area contributed by atoms with E-state index in [1.54, 1.807) is 6.07 Å². The van der Waals surface area contributed by atoms with Gasteiger partial charge in [0.1, 0.15) is 5.82 Å². The summed E-state index contributed by atoms with van der Waals surface area (Å²) >= 11 is 0. The Balaban J connectivity index is 1.32. The number of hydrogen-bond donors (Lipinski definition) is 1. The molecule has 0 radical (unpaired) electrons. The molecule has 0 saturated carbocycles. The number of nitrogens with one attached hydrogen (secondary N) is 1. The lowest BCUT2D eigenvalue weighted by Crippen LogP contribution is -2.47. The van der Waals surface area contributed by atoms with Gasteiger partial charge in [0.2, 0.25) is 0 Å². The number of rotatable bonds is 4. The molecule has 2 fully saturated rings. The van der Waals surface area contributed by atoms with Gasteiger partial charge in [-0.1, -0.05) is 24.3 Å². The first kappa shape index (κ1) is 23.2. The number of amides is 2. The van der Waals surface area contributed by atoms with E-state index in [0.717, 1.165) is 12.5 Å². The third-order valence-corrected chi connectivity index (χ3v) is 6.37. The van der Waals surface area contributed by atoms with E-state index < -0.39 is 35.0 Å². The van der Waals surface area contributed by atoms with Gasteiger partial charge in [0.25, 0.3) is 11.8 Å². The molecular weight excluding hydrogens is 440 g/mol. The molecule has 2 aromatic carbocycles. The Hall–Kier alpha value is -2.94. The number of piperidine rings is 1. The summed E-state index contributed by atoms with van der Waals surface area (Å²) in [5.74, 6) is -1.74. The molecule has 4 rings (SSSR count). The number of halogens is 4. The Labute approximate surface area is 188 Å². The van der Waals surface area contributed by atoms with Gasteiger partial charge >= 0.3 is 6.18 Å². The van der Waals surface area contributed by atoms with Gasteiger partial charge in [-0.2, -0.15) is 13.2 Å². The normalized spacial score (nSPS) is 20.1. The molecule has 33 heavy (non-hydrogen) atoms. The molecule has 2 aliphatic heterocycles. The lowest BCUT2D eigenvalue weighted by Gasteiger charge is -2.39. The van der Waals surface area contributed by atoms with Crippen LogP contribution in [0.2, 0.25) is 0 Å². The topological polar surface area (TPSA) is 58.6 Å². The summed E-state index contributed by atoms with van der Waals surface area (Å²) in [6, 6.07) is 10.5. The number of benzene rings is 2. The van der Waals surface area contributed by atoms with Crippen LogP contribution in [-0.4, -0.2) is 48.1 Å². The predicted octanol–water partition coefficient (Wildman–Crippen LogP) is 4.43. The van der Waals surface area contributed by atoms with Crippen LogP contribution in [0.15, 0.2) is 48.5 Å². The third-order valence-electron chi connectivity index (χ3n) is 6.37. The largest absolute Gasteiger partial charge is 0.417 e. The second-order valence-corrected chi connectivity index (χ2v) is 8.49. The zero-order valence-corrected chi connectivity index (χ0v) is 17.8. The van der Waals surface area contributed by atoms with Crippen molar-refractivity contribution >= 4 is 11.8 Å². The minimum Gasteiger partial charge on any atom is -0.370 e. The minimum atomic E-state index is -4.60. The van der Waals surface area contributed by atoms with Crippen molar-refractivity contribution < 1.29 is 31.9 Å². The van der Waals surface area contributed by atoms with E-state index in [1.807, 2.05) is 0 Å². The third kappa shape index (κ3) is 5.03. The molecule has 1 unspecified atom stereocenters. The monoisotopic (exact) mass is 464 g/mol. The van der Waals surface area contributed by atoms with Gasteiger partial charge in [0, 0.05) is 19.6 Å². The predicted molar refractivity (Wildman–Crippen MR) is 112 cm³/mol. The van der Waals surface area contributed by atoms with Crippen LogP contribution in [0.3, 0.4) is 0 Å². The van der Waals surface area contributed by atoms with Crippen LogP contribution in [0, 0.1) is 5.82 Å². The molecular formula is C24H24F4N2O3. The summed E-state index contributed by atoms with van der Waals surface area (Å²) in [6.45, 7) is 0.815. The summed E-state index contributed by atoms with van der Waals surface area (Å²) in [7, 11) is 0. The lowest BCUT2D eigenvalue weighted by molar-refractivity contribution is -0.138. The van der Waals surface area contributed by atoms with Crippen LogP contribution < -0.4 is 5.32 Å². The van der Waals surface area contributed by atoms with Crippen molar-refractivity contribution in [3.05, 3.63) is 71.0 Å². The van der Waals surface area contributed by atoms with Gasteiger partial charge in [0.05, 0.1) is 28.4 Å². The van der Waals surface area contributed by atoms with Crippen molar-refractivity contribution in [1.29, 1.82) is 0 Å². The molecule has 2 amide bonds. The van der Waals surface area contributed by atoms with E-state index in [9.17, 15) is 27.2 Å². The highest BCUT2D eigenvalue weighted by atomic mass is 19.4. The van der Waals surface area contributed by atoms with Crippen molar-refractivity contribution in [1.82, 2.24) is 10.2 Å². The van der Waals surface area contributed by atoms with E-state index in [-0.39, 0.29) is 23.8 Å². The Bertz CT molecular complexity index is 1030. The van der Waals surface area contributed by atoms with E-state index >= 15 is 0 Å². The summed E-state index contributed by atoms with van der Waals surface area (Å²) < 4.78 is 59.8. The number of carbonyl (C=O) groups is 2. The van der Waals surface area contributed by atoms with E-state index in [4.69, 9.17) is 4.74 Å². The number of hydrogen-bond acceptors (Lipinski definition) is 3. The molecule has 0 aromatic heterocycles. The van der Waals surface area contributed by atoms with E-state index in [0.29, 0.717) is 32.4 Å². The average Bonchev–Trinajstić information content (AvgIpc) is 3.19. The minimum absolute atomic E-state index is 0.0313. The Morgan fingerprint density at radius 1 is 1.00 bits per heavy atom. The highest BCUT2D eigenvalue weighted by Gasteiger charge is 2.44. The van der Waals surface area contributed by atoms with Gasteiger partial charge < -0.3 is 15.0 Å². The fourth-order valence-electron chi connectivity index (χ4n) is 4.56. The molecule has 2 aliphatic rings. The lowest BCUT2D eigenvalue weighted by atomic mass is 9.88. The number of nitrogens with zero attached hydrogens (tertiary/aromatic N) is 1. The second-order valence-electron chi connectivity index (χ2n) is 8.49. The summed E-state index contributed by atoms with van der Waals surface area (Å²) in [6.07, 6.45) is -2.40. The highest BCUT2D eigenvalue weighted by molar-refractivity contribution is 5.96. The zero-order chi connectivity index (χ0) is 23.6. The Morgan fingerprint density at radius 2 is 1.64 bits per heavy atom. The fourth-order valence-corrected chi connectivity index (χ4v) is 4.56. The van der Waals surface area contributed by atoms with E-state index in [2.05, 4.69) is 5.32 Å². The van der Waals surface area contributed by atoms with Crippen molar-refractivity contribution in [2.75, 3.05) is 19.6 Å². The molecule has 2 aromatic rings. The van der Waals surface area contributed by atoms with Gasteiger partial charge in [0.15, 0.2) is 0 Å². The van der Waals surface area contributed by atoms with Crippen LogP contribution in [-0.2, 0) is 10.9 Å². The van der Waals surface area contributed by atoms with Gasteiger partial charge in [-0.05, 0) is 49.9 Å². The molecule has 1 N–H and O–H groups in total. The SMILES string of the molecule is O=C(NCC1CCC2(CCN(C(=O)c3ccccc3C(F)(F)F)CC2)O1)c1ccccc1F. The first-order valence-electron chi connectivity index (χ1n) is 10.8. The molecule has 9 heteroatoms. The van der Waals surface area contributed by atoms with Gasteiger partial charge in [-0.25, -0.2) is 4.39 Å². The molecule has 2 saturated heterocycles. The first-order chi connectivity index (χ1) is 15.7. The van der Waals surface area contributed by atoms with Crippen molar-refractivity contribution in [2.45, 2.75) is 43.6 Å². The van der Waals surface area contributed by atoms with Crippen LogP contribution in [0.1, 0.15) is 52.0 Å². The quantitative estimate of drug-likeness (QED) is 0.682. The maximum Gasteiger partial charge on any atom is 0.417 e. The van der Waals surface area contributed by atoms with Crippen LogP contribution in [0.25, 0.3) is 0 Å². The van der Waals surface area contributed by atoms with Crippen molar-refractivity contribution in [2.24, 2.45) is 0 Å². The van der Waals surface area contributed by atoms with Crippen LogP contribution >= 0.6 is 0 Å². The number of alkyl halides is 3. The van der Waals surface area contributed by atoms with Gasteiger partial charge in [-0.15, -0.1) is 0 Å². The Morgan fingerprint density at radius 3 is 2.30 bits per heavy atom. The van der Waals surface area contributed by atoms with Crippen molar-refractivity contribution in [3.8, 4) is 0 Å². The van der Waals surface area contributed by atoms with E-state index in [1.165, 1.54) is 41.3 Å². The van der Waals surface area contributed by atoms with Crippen LogP contribution in [0.5, 0.6) is 0 Å². The van der Waals surface area contributed by atoms with Crippen molar-refractivity contribution in [3.63, 3.8) is 0 Å². The molecule has 2 heterocycles. The molecule has 0 aliphatic carbocycles. The summed E-state index contributed by atoms with van der Waals surface area (Å²) in [5.41, 5.74) is -1.77. The van der Waals surface area contributed by atoms with Gasteiger partial charge in [-0.3, -0.25) is 9.59 Å². The Kier molecular flexibility index (Phi) is 6.43. The first-order valence-corrected chi connectivity index (χ1v) is 10.8. The standard InChI is InChI=1S/C24H24F4N2O3/c25-20-8-4-2-6-18(20)21(31)29-15-16-9-10-23(33-16)11-13-30(14-12-23)22(32)17-5-1-3-7-19(17)24(26,27)28/h1-8,16H,9-15H2,(H,29,31). The number of ether oxygens (including phenoxy) is 1. The second kappa shape index (κ2) is 9.13. The molecule has 0 bridgehead atoms. The van der Waals surface area contributed by atoms with Crippen LogP contribution in [0.4, 0.5) is 17.6 Å². The average molecular weight is 464 g/mol. The number of carbonyl (C=O) groups excluding carboxylic acids is 2. The highest BCUT2D eigenvalue weighted by Crippen LogP contribution is 2.39. The number of likely N-dealkylation sites (tertiary alicyclic amines) is 1. The molecule has 1 spiro atoms.